The maximum Gasteiger partial charge on any atom is 0.328 e. The van der Waals surface area contributed by atoms with Gasteiger partial charge >= 0.3 is 6.01 Å². The third kappa shape index (κ3) is 3.72. The molecule has 0 aliphatic heterocycles. The Hall–Kier alpha value is -3.48. The van der Waals surface area contributed by atoms with Gasteiger partial charge in [0.2, 0.25) is 5.89 Å². The Balaban J connectivity index is 1.77. The first-order valence-corrected chi connectivity index (χ1v) is 8.69. The van der Waals surface area contributed by atoms with E-state index in [4.69, 9.17) is 13.9 Å². The van der Waals surface area contributed by atoms with E-state index in [-0.39, 0.29) is 6.01 Å². The standard InChI is InChI=1S/C20H18N4O3/c1-3-10-25-18-16-19(24-20(23-18)26-15-8-5-9-21-12-15)27-17(22-16)14-7-4-6-13(2)11-14/h4-9,11-12H,3,10H2,1-2H3. The van der Waals surface area contributed by atoms with Gasteiger partial charge in [-0.15, -0.1) is 0 Å². The van der Waals surface area contributed by atoms with Crippen LogP contribution in [0.2, 0.25) is 0 Å². The van der Waals surface area contributed by atoms with Crippen molar-refractivity contribution in [2.45, 2.75) is 20.3 Å². The molecule has 7 heteroatoms. The Bertz CT molecular complexity index is 1060. The zero-order chi connectivity index (χ0) is 18.6. The van der Waals surface area contributed by atoms with Crippen molar-refractivity contribution in [3.8, 4) is 29.1 Å². The molecule has 7 nitrogen and oxygen atoms in total. The Morgan fingerprint density at radius 2 is 2.00 bits per heavy atom. The van der Waals surface area contributed by atoms with Gasteiger partial charge in [-0.2, -0.15) is 9.97 Å². The average Bonchev–Trinajstić information content (AvgIpc) is 3.11. The van der Waals surface area contributed by atoms with Crippen LogP contribution in [0.1, 0.15) is 18.9 Å². The van der Waals surface area contributed by atoms with Crippen molar-refractivity contribution in [3.05, 3.63) is 54.4 Å². The molecule has 0 aliphatic rings. The van der Waals surface area contributed by atoms with E-state index in [9.17, 15) is 0 Å². The van der Waals surface area contributed by atoms with Crippen molar-refractivity contribution in [3.63, 3.8) is 0 Å². The number of aromatic nitrogens is 4. The van der Waals surface area contributed by atoms with Gasteiger partial charge in [0, 0.05) is 11.8 Å². The summed E-state index contributed by atoms with van der Waals surface area (Å²) >= 11 is 0. The number of pyridine rings is 1. The number of hydrogen-bond acceptors (Lipinski definition) is 7. The molecule has 4 rings (SSSR count). The molecule has 0 aliphatic carbocycles. The summed E-state index contributed by atoms with van der Waals surface area (Å²) in [5.41, 5.74) is 2.76. The third-order valence-corrected chi connectivity index (χ3v) is 3.76. The number of benzene rings is 1. The minimum absolute atomic E-state index is 0.119. The van der Waals surface area contributed by atoms with E-state index in [1.165, 1.54) is 0 Å². The van der Waals surface area contributed by atoms with Crippen LogP contribution in [-0.4, -0.2) is 26.5 Å². The van der Waals surface area contributed by atoms with Crippen molar-refractivity contribution in [2.75, 3.05) is 6.61 Å². The molecule has 27 heavy (non-hydrogen) atoms. The monoisotopic (exact) mass is 362 g/mol. The molecule has 3 aromatic heterocycles. The lowest BCUT2D eigenvalue weighted by Crippen LogP contribution is -2.01. The molecular formula is C20H18N4O3. The van der Waals surface area contributed by atoms with Gasteiger partial charge in [-0.3, -0.25) is 4.98 Å². The third-order valence-electron chi connectivity index (χ3n) is 3.76. The summed E-state index contributed by atoms with van der Waals surface area (Å²) in [5.74, 6) is 1.32. The maximum atomic E-state index is 5.87. The molecule has 4 aromatic rings. The highest BCUT2D eigenvalue weighted by atomic mass is 16.5. The molecule has 0 radical (unpaired) electrons. The number of oxazole rings is 1. The predicted octanol–water partition coefficient (Wildman–Crippen LogP) is 4.57. The van der Waals surface area contributed by atoms with Crippen molar-refractivity contribution in [2.24, 2.45) is 0 Å². The van der Waals surface area contributed by atoms with E-state index >= 15 is 0 Å². The van der Waals surface area contributed by atoms with E-state index in [1.807, 2.05) is 38.1 Å². The summed E-state index contributed by atoms with van der Waals surface area (Å²) < 4.78 is 17.3. The van der Waals surface area contributed by atoms with Crippen LogP contribution in [0.5, 0.6) is 17.6 Å². The second-order valence-electron chi connectivity index (χ2n) is 5.99. The largest absolute Gasteiger partial charge is 0.476 e. The average molecular weight is 362 g/mol. The van der Waals surface area contributed by atoms with Gasteiger partial charge in [0.25, 0.3) is 11.6 Å². The maximum absolute atomic E-state index is 5.87. The van der Waals surface area contributed by atoms with Crippen LogP contribution in [0, 0.1) is 6.92 Å². The second kappa shape index (κ2) is 7.41. The van der Waals surface area contributed by atoms with E-state index < -0.39 is 0 Å². The molecular weight excluding hydrogens is 344 g/mol. The first-order valence-electron chi connectivity index (χ1n) is 8.69. The van der Waals surface area contributed by atoms with Crippen LogP contribution >= 0.6 is 0 Å². The molecule has 1 aromatic carbocycles. The summed E-state index contributed by atoms with van der Waals surface area (Å²) in [6, 6.07) is 11.6. The SMILES string of the molecule is CCCOc1nc(Oc2cccnc2)nc2oc(-c3cccc(C)c3)nc12. The quantitative estimate of drug-likeness (QED) is 0.497. The lowest BCUT2D eigenvalue weighted by Gasteiger charge is -2.06. The Kier molecular flexibility index (Phi) is 4.65. The van der Waals surface area contributed by atoms with Gasteiger partial charge in [-0.05, 0) is 37.6 Å². The number of aryl methyl sites for hydroxylation is 1. The van der Waals surface area contributed by atoms with Crippen LogP contribution < -0.4 is 9.47 Å². The van der Waals surface area contributed by atoms with Crippen LogP contribution in [0.3, 0.4) is 0 Å². The second-order valence-corrected chi connectivity index (χ2v) is 5.99. The molecule has 0 fully saturated rings. The van der Waals surface area contributed by atoms with E-state index in [0.29, 0.717) is 35.4 Å². The van der Waals surface area contributed by atoms with Gasteiger partial charge in [-0.25, -0.2) is 4.98 Å². The smallest absolute Gasteiger partial charge is 0.328 e. The molecule has 0 atom stereocenters. The Labute approximate surface area is 156 Å². The van der Waals surface area contributed by atoms with Crippen LogP contribution in [0.25, 0.3) is 22.7 Å². The van der Waals surface area contributed by atoms with Gasteiger partial charge < -0.3 is 13.9 Å². The molecule has 0 bridgehead atoms. The number of nitrogens with zero attached hydrogens (tertiary/aromatic N) is 4. The van der Waals surface area contributed by atoms with Gasteiger partial charge in [0.15, 0.2) is 5.52 Å². The molecule has 0 saturated heterocycles. The summed E-state index contributed by atoms with van der Waals surface area (Å²) in [6.07, 6.45) is 4.09. The molecule has 0 amide bonds. The van der Waals surface area contributed by atoms with E-state index in [1.54, 1.807) is 24.5 Å². The summed E-state index contributed by atoms with van der Waals surface area (Å²) in [5, 5.41) is 0. The minimum atomic E-state index is 0.119. The van der Waals surface area contributed by atoms with Gasteiger partial charge in [0.05, 0.1) is 12.8 Å². The number of hydrogen-bond donors (Lipinski definition) is 0. The molecule has 0 saturated carbocycles. The highest BCUT2D eigenvalue weighted by Crippen LogP contribution is 2.31. The van der Waals surface area contributed by atoms with Crippen LogP contribution in [0.15, 0.2) is 53.2 Å². The zero-order valence-corrected chi connectivity index (χ0v) is 15.0. The molecule has 0 N–H and O–H groups in total. The topological polar surface area (TPSA) is 83.2 Å². The van der Waals surface area contributed by atoms with Crippen molar-refractivity contribution in [1.82, 2.24) is 19.9 Å². The summed E-state index contributed by atoms with van der Waals surface area (Å²) in [4.78, 5) is 17.3. The fourth-order valence-corrected chi connectivity index (χ4v) is 2.54. The van der Waals surface area contributed by atoms with Gasteiger partial charge in [0.1, 0.15) is 5.75 Å². The first-order chi connectivity index (χ1) is 13.2. The molecule has 0 unspecified atom stereocenters. The lowest BCUT2D eigenvalue weighted by atomic mass is 10.1. The molecule has 0 spiro atoms. The molecule has 136 valence electrons. The normalized spacial score (nSPS) is 10.9. The number of rotatable bonds is 6. The van der Waals surface area contributed by atoms with E-state index in [0.717, 1.165) is 17.5 Å². The lowest BCUT2D eigenvalue weighted by molar-refractivity contribution is 0.302. The highest BCUT2D eigenvalue weighted by Gasteiger charge is 2.18. The summed E-state index contributed by atoms with van der Waals surface area (Å²) in [6.45, 7) is 4.54. The Morgan fingerprint density at radius 3 is 2.78 bits per heavy atom. The highest BCUT2D eigenvalue weighted by molar-refractivity contribution is 5.78. The zero-order valence-electron chi connectivity index (χ0n) is 15.0. The predicted molar refractivity (Wildman–Crippen MR) is 99.9 cm³/mol. The first kappa shape index (κ1) is 17.0. The van der Waals surface area contributed by atoms with Crippen molar-refractivity contribution in [1.29, 1.82) is 0 Å². The fourth-order valence-electron chi connectivity index (χ4n) is 2.54. The fraction of sp³-hybridized carbons (Fsp3) is 0.200. The van der Waals surface area contributed by atoms with E-state index in [2.05, 4.69) is 19.9 Å². The Morgan fingerprint density at radius 1 is 1.07 bits per heavy atom. The van der Waals surface area contributed by atoms with Gasteiger partial charge in [-0.1, -0.05) is 24.6 Å². The summed E-state index contributed by atoms with van der Waals surface area (Å²) in [7, 11) is 0. The minimum Gasteiger partial charge on any atom is -0.476 e. The van der Waals surface area contributed by atoms with Crippen LogP contribution in [-0.2, 0) is 0 Å². The number of fused-ring (bicyclic) bond motifs is 1. The number of ether oxygens (including phenoxy) is 2. The van der Waals surface area contributed by atoms with Crippen molar-refractivity contribution < 1.29 is 13.9 Å². The molecule has 3 heterocycles. The van der Waals surface area contributed by atoms with Crippen molar-refractivity contribution >= 4 is 11.2 Å². The van der Waals surface area contributed by atoms with Crippen LogP contribution in [0.4, 0.5) is 0 Å².